The number of carbonyl (C=O) groups is 1. The molecule has 2 N–H and O–H groups in total. The molecule has 1 atom stereocenters. The summed E-state index contributed by atoms with van der Waals surface area (Å²) in [5, 5.41) is 6.65. The number of fused-ring (bicyclic) bond motifs is 2. The fourth-order valence-electron chi connectivity index (χ4n) is 3.18. The molecular weight excluding hydrogens is 328 g/mol. The second kappa shape index (κ2) is 6.24. The quantitative estimate of drug-likeness (QED) is 0.895. The summed E-state index contributed by atoms with van der Waals surface area (Å²) in [5.74, 6) is 1.46. The summed E-state index contributed by atoms with van der Waals surface area (Å²) in [4.78, 5) is 12.2. The van der Waals surface area contributed by atoms with E-state index in [1.54, 1.807) is 0 Å². The number of amides is 2. The van der Waals surface area contributed by atoms with Crippen molar-refractivity contribution >= 4 is 17.6 Å². The zero-order valence-corrected chi connectivity index (χ0v) is 13.7. The van der Waals surface area contributed by atoms with Crippen LogP contribution in [-0.4, -0.2) is 12.8 Å². The molecule has 0 saturated carbocycles. The first-order chi connectivity index (χ1) is 11.7. The lowest BCUT2D eigenvalue weighted by Crippen LogP contribution is -2.36. The van der Waals surface area contributed by atoms with Crippen LogP contribution in [0.1, 0.15) is 29.2 Å². The number of halogens is 1. The van der Waals surface area contributed by atoms with Crippen LogP contribution in [0.4, 0.5) is 4.79 Å². The smallest absolute Gasteiger partial charge is 0.315 e. The molecule has 4 rings (SSSR count). The van der Waals surface area contributed by atoms with E-state index in [-0.39, 0.29) is 18.9 Å². The van der Waals surface area contributed by atoms with Gasteiger partial charge in [0.2, 0.25) is 6.79 Å². The predicted molar refractivity (Wildman–Crippen MR) is 90.5 cm³/mol. The van der Waals surface area contributed by atoms with Gasteiger partial charge in [-0.3, -0.25) is 0 Å². The topological polar surface area (TPSA) is 59.6 Å². The third-order valence-electron chi connectivity index (χ3n) is 4.38. The summed E-state index contributed by atoms with van der Waals surface area (Å²) in [7, 11) is 0. The number of hydrogen-bond acceptors (Lipinski definition) is 3. The Labute approximate surface area is 144 Å². The minimum atomic E-state index is -0.180. The molecule has 6 heteroatoms. The molecule has 0 bridgehead atoms. The van der Waals surface area contributed by atoms with Crippen molar-refractivity contribution in [1.82, 2.24) is 10.6 Å². The lowest BCUT2D eigenvalue weighted by molar-refractivity contribution is 0.174. The number of hydrogen-bond donors (Lipinski definition) is 2. The van der Waals surface area contributed by atoms with E-state index < -0.39 is 0 Å². The van der Waals surface area contributed by atoms with Gasteiger partial charge < -0.3 is 20.1 Å². The Morgan fingerprint density at radius 2 is 2.04 bits per heavy atom. The highest BCUT2D eigenvalue weighted by Crippen LogP contribution is 2.33. The van der Waals surface area contributed by atoms with E-state index in [9.17, 15) is 4.79 Å². The van der Waals surface area contributed by atoms with Crippen LogP contribution in [0.3, 0.4) is 0 Å². The van der Waals surface area contributed by atoms with Crippen molar-refractivity contribution in [2.24, 2.45) is 0 Å². The van der Waals surface area contributed by atoms with Crippen LogP contribution in [0.2, 0.25) is 5.02 Å². The fraction of sp³-hybridized carbons (Fsp3) is 0.278. The van der Waals surface area contributed by atoms with Crippen molar-refractivity contribution < 1.29 is 14.3 Å². The van der Waals surface area contributed by atoms with E-state index in [0.29, 0.717) is 6.54 Å². The number of aryl methyl sites for hydroxylation is 1. The van der Waals surface area contributed by atoms with Gasteiger partial charge in [-0.25, -0.2) is 4.79 Å². The van der Waals surface area contributed by atoms with E-state index in [1.165, 1.54) is 5.56 Å². The largest absolute Gasteiger partial charge is 0.454 e. The van der Waals surface area contributed by atoms with Crippen molar-refractivity contribution in [2.45, 2.75) is 25.4 Å². The monoisotopic (exact) mass is 344 g/mol. The van der Waals surface area contributed by atoms with Crippen molar-refractivity contribution in [3.63, 3.8) is 0 Å². The summed E-state index contributed by atoms with van der Waals surface area (Å²) >= 11 is 6.02. The van der Waals surface area contributed by atoms with Crippen molar-refractivity contribution in [3.8, 4) is 11.5 Å². The third-order valence-corrected chi connectivity index (χ3v) is 4.61. The molecule has 124 valence electrons. The maximum Gasteiger partial charge on any atom is 0.315 e. The van der Waals surface area contributed by atoms with Crippen molar-refractivity contribution in [1.29, 1.82) is 0 Å². The first-order valence-corrected chi connectivity index (χ1v) is 8.28. The number of rotatable bonds is 3. The Balaban J connectivity index is 1.35. The summed E-state index contributed by atoms with van der Waals surface area (Å²) in [6, 6.07) is 11.3. The molecule has 1 heterocycles. The van der Waals surface area contributed by atoms with Crippen LogP contribution in [0.15, 0.2) is 36.4 Å². The Bertz CT molecular complexity index is 794. The summed E-state index contributed by atoms with van der Waals surface area (Å²) in [6.07, 6.45) is 1.83. The van der Waals surface area contributed by atoms with Crippen LogP contribution in [-0.2, 0) is 13.0 Å². The van der Waals surface area contributed by atoms with Gasteiger partial charge in [0.1, 0.15) is 0 Å². The van der Waals surface area contributed by atoms with E-state index >= 15 is 0 Å². The van der Waals surface area contributed by atoms with Gasteiger partial charge in [-0.05, 0) is 53.8 Å². The van der Waals surface area contributed by atoms with Gasteiger partial charge in [0.25, 0.3) is 0 Å². The van der Waals surface area contributed by atoms with Gasteiger partial charge in [0.15, 0.2) is 11.5 Å². The zero-order chi connectivity index (χ0) is 16.5. The van der Waals surface area contributed by atoms with Crippen LogP contribution in [0.5, 0.6) is 11.5 Å². The van der Waals surface area contributed by atoms with Gasteiger partial charge in [-0.1, -0.05) is 23.7 Å². The SMILES string of the molecule is O=C(NCc1ccc2c(c1)OCO2)NC1CCc2cc(Cl)ccc21. The Morgan fingerprint density at radius 3 is 2.96 bits per heavy atom. The van der Waals surface area contributed by atoms with Gasteiger partial charge in [-0.15, -0.1) is 0 Å². The molecule has 1 aliphatic heterocycles. The minimum absolute atomic E-state index is 0.0361. The lowest BCUT2D eigenvalue weighted by atomic mass is 10.1. The highest BCUT2D eigenvalue weighted by molar-refractivity contribution is 6.30. The number of urea groups is 1. The van der Waals surface area contributed by atoms with E-state index in [4.69, 9.17) is 21.1 Å². The molecular formula is C18H17ClN2O3. The van der Waals surface area contributed by atoms with Crippen molar-refractivity contribution in [2.75, 3.05) is 6.79 Å². The average molecular weight is 345 g/mol. The van der Waals surface area contributed by atoms with Gasteiger partial charge in [-0.2, -0.15) is 0 Å². The molecule has 2 amide bonds. The normalized spacial score (nSPS) is 17.5. The second-order valence-electron chi connectivity index (χ2n) is 5.95. The fourth-order valence-corrected chi connectivity index (χ4v) is 3.37. The van der Waals surface area contributed by atoms with Crippen LogP contribution in [0.25, 0.3) is 0 Å². The number of nitrogens with one attached hydrogen (secondary N) is 2. The van der Waals surface area contributed by atoms with Gasteiger partial charge in [0, 0.05) is 11.6 Å². The third kappa shape index (κ3) is 2.99. The summed E-state index contributed by atoms with van der Waals surface area (Å²) in [6.45, 7) is 0.681. The molecule has 5 nitrogen and oxygen atoms in total. The molecule has 0 spiro atoms. The molecule has 0 saturated heterocycles. The van der Waals surface area contributed by atoms with E-state index in [2.05, 4.69) is 10.6 Å². The average Bonchev–Trinajstić information content (AvgIpc) is 3.19. The van der Waals surface area contributed by atoms with Crippen LogP contribution < -0.4 is 20.1 Å². The molecule has 24 heavy (non-hydrogen) atoms. The molecule has 1 aliphatic carbocycles. The minimum Gasteiger partial charge on any atom is -0.454 e. The molecule has 1 unspecified atom stereocenters. The number of ether oxygens (including phenoxy) is 2. The second-order valence-corrected chi connectivity index (χ2v) is 6.39. The lowest BCUT2D eigenvalue weighted by Gasteiger charge is -2.15. The highest BCUT2D eigenvalue weighted by atomic mass is 35.5. The van der Waals surface area contributed by atoms with Gasteiger partial charge >= 0.3 is 6.03 Å². The molecule has 2 aromatic carbocycles. The maximum absolute atomic E-state index is 12.2. The summed E-state index contributed by atoms with van der Waals surface area (Å²) in [5.41, 5.74) is 3.33. The van der Waals surface area contributed by atoms with Crippen LogP contribution in [0, 0.1) is 0 Å². The summed E-state index contributed by atoms with van der Waals surface area (Å²) < 4.78 is 10.6. The Morgan fingerprint density at radius 1 is 1.17 bits per heavy atom. The first-order valence-electron chi connectivity index (χ1n) is 7.90. The van der Waals surface area contributed by atoms with Crippen molar-refractivity contribution in [3.05, 3.63) is 58.1 Å². The maximum atomic E-state index is 12.2. The standard InChI is InChI=1S/C18H17ClN2O3/c19-13-3-4-14-12(8-13)2-5-15(14)21-18(22)20-9-11-1-6-16-17(7-11)24-10-23-16/h1,3-4,6-8,15H,2,5,9-10H2,(H2,20,21,22). The Kier molecular flexibility index (Phi) is 3.94. The van der Waals surface area contributed by atoms with Crippen LogP contribution >= 0.6 is 11.6 Å². The van der Waals surface area contributed by atoms with E-state index in [0.717, 1.165) is 40.5 Å². The number of benzene rings is 2. The highest BCUT2D eigenvalue weighted by Gasteiger charge is 2.24. The molecule has 2 aromatic rings. The molecule has 0 aromatic heterocycles. The molecule has 2 aliphatic rings. The van der Waals surface area contributed by atoms with Gasteiger partial charge in [0.05, 0.1) is 6.04 Å². The molecule has 0 fully saturated rings. The first kappa shape index (κ1) is 15.1. The molecule has 0 radical (unpaired) electrons. The van der Waals surface area contributed by atoms with E-state index in [1.807, 2.05) is 36.4 Å². The number of carbonyl (C=O) groups excluding carboxylic acids is 1. The zero-order valence-electron chi connectivity index (χ0n) is 13.0. The Hall–Kier alpha value is -2.40. The predicted octanol–water partition coefficient (Wildman–Crippen LogP) is 3.56.